The van der Waals surface area contributed by atoms with Crippen molar-refractivity contribution in [3.63, 3.8) is 0 Å². The number of rotatable bonds is 47. The quantitative estimate of drug-likeness (QED) is 0.0261. The molecule has 1 fully saturated rings. The van der Waals surface area contributed by atoms with Crippen LogP contribution >= 0.6 is 0 Å². The molecule has 9 heteroatoms. The number of nitrogens with one attached hydrogen (secondary N) is 1. The van der Waals surface area contributed by atoms with Gasteiger partial charge < -0.3 is 40.3 Å². The Kier molecular flexibility index (Phi) is 45.7. The number of hydrogen-bond donors (Lipinski definition) is 6. The van der Waals surface area contributed by atoms with Crippen molar-refractivity contribution in [2.75, 3.05) is 13.2 Å². The largest absolute Gasteiger partial charge is 0.394 e. The first kappa shape index (κ1) is 64.4. The van der Waals surface area contributed by atoms with Crippen LogP contribution in [0.1, 0.15) is 232 Å². The summed E-state index contributed by atoms with van der Waals surface area (Å²) >= 11 is 0. The predicted molar refractivity (Wildman–Crippen MR) is 290 cm³/mol. The van der Waals surface area contributed by atoms with Gasteiger partial charge in [0.15, 0.2) is 6.29 Å². The van der Waals surface area contributed by atoms with Crippen LogP contribution in [0.5, 0.6) is 0 Å². The van der Waals surface area contributed by atoms with E-state index in [9.17, 15) is 30.3 Å². The van der Waals surface area contributed by atoms with Gasteiger partial charge in [-0.2, -0.15) is 0 Å². The molecule has 0 spiro atoms. The number of aliphatic hydroxyl groups excluding tert-OH is 5. The molecule has 1 rings (SSSR count). The number of ether oxygens (including phenoxy) is 2. The summed E-state index contributed by atoms with van der Waals surface area (Å²) < 4.78 is 11.3. The fourth-order valence-corrected chi connectivity index (χ4v) is 8.55. The highest BCUT2D eigenvalue weighted by atomic mass is 16.7. The zero-order valence-corrected chi connectivity index (χ0v) is 44.0. The number of aliphatic hydroxyl groups is 5. The van der Waals surface area contributed by atoms with E-state index in [1.807, 2.05) is 0 Å². The monoisotopic (exact) mass is 968 g/mol. The molecule has 0 bridgehead atoms. The lowest BCUT2D eigenvalue weighted by atomic mass is 9.99. The fraction of sp³-hybridized carbons (Fsp3) is 0.750. The Morgan fingerprint density at radius 1 is 0.507 bits per heavy atom. The summed E-state index contributed by atoms with van der Waals surface area (Å²) in [6.07, 6.45) is 62.1. The molecule has 1 aliphatic rings. The highest BCUT2D eigenvalue weighted by Crippen LogP contribution is 2.23. The first-order valence-corrected chi connectivity index (χ1v) is 28.3. The molecule has 0 aromatic rings. The molecule has 9 nitrogen and oxygen atoms in total. The molecule has 69 heavy (non-hydrogen) atoms. The van der Waals surface area contributed by atoms with Crippen molar-refractivity contribution in [2.24, 2.45) is 0 Å². The van der Waals surface area contributed by atoms with Crippen LogP contribution < -0.4 is 5.32 Å². The van der Waals surface area contributed by atoms with Crippen LogP contribution in [0.4, 0.5) is 0 Å². The Morgan fingerprint density at radius 3 is 1.33 bits per heavy atom. The number of unbranched alkanes of at least 4 members (excludes halogenated alkanes) is 23. The summed E-state index contributed by atoms with van der Waals surface area (Å²) in [6.45, 7) is 3.69. The van der Waals surface area contributed by atoms with Crippen LogP contribution in [0.3, 0.4) is 0 Å². The normalized spacial score (nSPS) is 20.1. The molecular weight excluding hydrogens is 863 g/mol. The number of carbonyl (C=O) groups is 1. The summed E-state index contributed by atoms with van der Waals surface area (Å²) in [5, 5.41) is 54.4. The molecule has 6 N–H and O–H groups in total. The molecule has 0 aromatic carbocycles. The van der Waals surface area contributed by atoms with Gasteiger partial charge in [0.05, 0.1) is 25.4 Å². The van der Waals surface area contributed by atoms with E-state index in [2.05, 4.69) is 104 Å². The third-order valence-electron chi connectivity index (χ3n) is 13.0. The Balaban J connectivity index is 2.07. The molecule has 0 radical (unpaired) electrons. The van der Waals surface area contributed by atoms with Gasteiger partial charge in [0.2, 0.25) is 5.91 Å². The van der Waals surface area contributed by atoms with Crippen LogP contribution in [-0.4, -0.2) is 87.5 Å². The minimum Gasteiger partial charge on any atom is -0.394 e. The molecule has 7 unspecified atom stereocenters. The first-order valence-electron chi connectivity index (χ1n) is 28.3. The van der Waals surface area contributed by atoms with Gasteiger partial charge in [-0.15, -0.1) is 0 Å². The lowest BCUT2D eigenvalue weighted by Gasteiger charge is -2.40. The fourth-order valence-electron chi connectivity index (χ4n) is 8.55. The van der Waals surface area contributed by atoms with E-state index in [4.69, 9.17) is 9.47 Å². The maximum absolute atomic E-state index is 13.0. The van der Waals surface area contributed by atoms with Crippen molar-refractivity contribution < 1.29 is 39.8 Å². The minimum atomic E-state index is -1.55. The van der Waals surface area contributed by atoms with Crippen molar-refractivity contribution in [1.82, 2.24) is 5.32 Å². The molecule has 1 aliphatic heterocycles. The van der Waals surface area contributed by atoms with Crippen LogP contribution in [0, 0.1) is 0 Å². The van der Waals surface area contributed by atoms with Gasteiger partial charge in [-0.3, -0.25) is 4.79 Å². The van der Waals surface area contributed by atoms with Gasteiger partial charge in [0.1, 0.15) is 24.4 Å². The maximum atomic E-state index is 13.0. The van der Waals surface area contributed by atoms with Crippen molar-refractivity contribution in [1.29, 1.82) is 0 Å². The van der Waals surface area contributed by atoms with E-state index in [1.165, 1.54) is 122 Å². The summed E-state index contributed by atoms with van der Waals surface area (Å²) in [5.74, 6) is -0.149. The van der Waals surface area contributed by atoms with Crippen LogP contribution in [0.15, 0.2) is 85.1 Å². The van der Waals surface area contributed by atoms with Gasteiger partial charge in [0.25, 0.3) is 0 Å². The lowest BCUT2D eigenvalue weighted by molar-refractivity contribution is -0.302. The van der Waals surface area contributed by atoms with E-state index in [0.29, 0.717) is 12.8 Å². The molecule has 0 saturated carbocycles. The minimum absolute atomic E-state index is 0.140. The van der Waals surface area contributed by atoms with E-state index >= 15 is 0 Å². The van der Waals surface area contributed by atoms with Crippen LogP contribution in [-0.2, 0) is 14.3 Å². The van der Waals surface area contributed by atoms with Crippen molar-refractivity contribution in [3.8, 4) is 0 Å². The summed E-state index contributed by atoms with van der Waals surface area (Å²) in [7, 11) is 0. The number of allylic oxidation sites excluding steroid dienone is 14. The van der Waals surface area contributed by atoms with Gasteiger partial charge >= 0.3 is 0 Å². The SMILES string of the molecule is CC/C=C\C/C=C\C/C=C\C/C=C\C/C=C\C/C=C\C/C=C\CCCCCCCCCCCCCCCCCC(=O)NC(COC1OC(CO)C(O)C(O)C1O)C(O)CCCCCCCCCCC. The Bertz CT molecular complexity index is 1350. The molecule has 0 aliphatic carbocycles. The molecule has 0 aromatic heterocycles. The van der Waals surface area contributed by atoms with Gasteiger partial charge in [-0.1, -0.05) is 240 Å². The Hall–Kier alpha value is -2.63. The van der Waals surface area contributed by atoms with Crippen molar-refractivity contribution in [2.45, 2.75) is 275 Å². The molecule has 1 amide bonds. The summed E-state index contributed by atoms with van der Waals surface area (Å²) in [4.78, 5) is 13.0. The second-order valence-corrected chi connectivity index (χ2v) is 19.4. The predicted octanol–water partition coefficient (Wildman–Crippen LogP) is 13.8. The van der Waals surface area contributed by atoms with E-state index in [1.54, 1.807) is 0 Å². The second kappa shape index (κ2) is 49.0. The number of carbonyl (C=O) groups excluding carboxylic acids is 1. The van der Waals surface area contributed by atoms with E-state index in [-0.39, 0.29) is 12.5 Å². The smallest absolute Gasteiger partial charge is 0.220 e. The molecule has 398 valence electrons. The molecule has 1 saturated heterocycles. The summed E-state index contributed by atoms with van der Waals surface area (Å²) in [5.41, 5.74) is 0. The molecular formula is C60H105NO8. The summed E-state index contributed by atoms with van der Waals surface area (Å²) in [6, 6.07) is -0.720. The van der Waals surface area contributed by atoms with Crippen LogP contribution in [0.25, 0.3) is 0 Å². The zero-order valence-electron chi connectivity index (χ0n) is 44.0. The second-order valence-electron chi connectivity index (χ2n) is 19.4. The highest BCUT2D eigenvalue weighted by Gasteiger charge is 2.44. The standard InChI is InChI=1S/C60H105NO8/c1-3-5-7-9-11-13-14-15-16-17-18-19-20-21-22-23-24-25-26-27-28-29-30-31-32-33-34-35-36-37-38-39-40-42-44-46-48-50-56(64)61-53(54(63)49-47-45-43-41-12-10-8-6-4-2)52-68-60-59(67)58(66)57(65)55(51-62)69-60/h5,7,11,13,15-16,18-19,21-22,24-25,27-28,53-55,57-60,62-63,65-67H,3-4,6,8-10,12,14,17,20,23,26,29-52H2,1-2H3,(H,61,64)/b7-5-,13-11-,16-15-,19-18-,22-21-,25-24-,28-27-. The van der Waals surface area contributed by atoms with Crippen molar-refractivity contribution >= 4 is 5.91 Å². The van der Waals surface area contributed by atoms with Gasteiger partial charge in [-0.25, -0.2) is 0 Å². The van der Waals surface area contributed by atoms with Crippen molar-refractivity contribution in [3.05, 3.63) is 85.1 Å². The van der Waals surface area contributed by atoms with E-state index < -0.39 is 49.5 Å². The maximum Gasteiger partial charge on any atom is 0.220 e. The van der Waals surface area contributed by atoms with E-state index in [0.717, 1.165) is 83.5 Å². The number of hydrogen-bond acceptors (Lipinski definition) is 8. The first-order chi connectivity index (χ1) is 33.8. The van der Waals surface area contributed by atoms with Crippen LogP contribution in [0.2, 0.25) is 0 Å². The molecule has 1 heterocycles. The lowest BCUT2D eigenvalue weighted by Crippen LogP contribution is -2.60. The molecule has 7 atom stereocenters. The average Bonchev–Trinajstić information content (AvgIpc) is 3.35. The van der Waals surface area contributed by atoms with Gasteiger partial charge in [0, 0.05) is 6.42 Å². The third kappa shape index (κ3) is 38.7. The average molecular weight is 968 g/mol. The Morgan fingerprint density at radius 2 is 0.899 bits per heavy atom. The van der Waals surface area contributed by atoms with Gasteiger partial charge in [-0.05, 0) is 70.6 Å². The third-order valence-corrected chi connectivity index (χ3v) is 13.0. The Labute approximate surface area is 422 Å². The zero-order chi connectivity index (χ0) is 50.1. The topological polar surface area (TPSA) is 149 Å². The number of amides is 1. The highest BCUT2D eigenvalue weighted by molar-refractivity contribution is 5.76.